The number of H-pyrrole nitrogens is 2. The predicted molar refractivity (Wildman–Crippen MR) is 90.3 cm³/mol. The van der Waals surface area contributed by atoms with Crippen LogP contribution in [-0.2, 0) is 0 Å². The number of nitrogens with one attached hydrogen (secondary N) is 2. The van der Waals surface area contributed by atoms with Crippen molar-refractivity contribution in [3.05, 3.63) is 66.8 Å². The molecule has 0 atom stereocenters. The summed E-state index contributed by atoms with van der Waals surface area (Å²) in [6.45, 7) is 0. The van der Waals surface area contributed by atoms with Crippen molar-refractivity contribution in [2.45, 2.75) is 0 Å². The van der Waals surface area contributed by atoms with E-state index in [1.807, 2.05) is 35.0 Å². The molecule has 4 heterocycles. The van der Waals surface area contributed by atoms with Crippen molar-refractivity contribution in [1.29, 1.82) is 0 Å². The summed E-state index contributed by atoms with van der Waals surface area (Å²) in [5.41, 5.74) is -0.589. The zero-order valence-corrected chi connectivity index (χ0v) is 13.8. The van der Waals surface area contributed by atoms with Gasteiger partial charge in [0.2, 0.25) is 0 Å². The second-order valence-electron chi connectivity index (χ2n) is 4.21. The van der Waals surface area contributed by atoms with Gasteiger partial charge in [-0.15, -0.1) is 22.7 Å². The lowest BCUT2D eigenvalue weighted by atomic mass is 10.4. The van der Waals surface area contributed by atoms with Crippen molar-refractivity contribution in [1.82, 2.24) is 10.3 Å². The summed E-state index contributed by atoms with van der Waals surface area (Å²) < 4.78 is 9.76. The summed E-state index contributed by atoms with van der Waals surface area (Å²) in [7, 11) is 0. The second kappa shape index (κ2) is 6.86. The van der Waals surface area contributed by atoms with Gasteiger partial charge in [0.1, 0.15) is 0 Å². The molecule has 0 unspecified atom stereocenters. The van der Waals surface area contributed by atoms with Gasteiger partial charge in [-0.25, -0.2) is 0 Å². The number of rotatable bonds is 2. The number of thiophene rings is 2. The Morgan fingerprint density at radius 1 is 0.957 bits per heavy atom. The normalized spacial score (nSPS) is 10.3. The molecule has 4 rings (SSSR count). The lowest BCUT2D eigenvalue weighted by molar-refractivity contribution is 0.426. The molecular weight excluding hydrogens is 360 g/mol. The Kier molecular flexibility index (Phi) is 4.65. The molecule has 6 nitrogen and oxygen atoms in total. The molecule has 4 aromatic heterocycles. The summed E-state index contributed by atoms with van der Waals surface area (Å²) in [4.78, 5) is 23.3. The number of halogens is 1. The molecule has 0 saturated carbocycles. The van der Waals surface area contributed by atoms with Gasteiger partial charge in [-0.05, 0) is 22.9 Å². The van der Waals surface area contributed by atoms with Gasteiger partial charge >= 0.3 is 0 Å². The zero-order chi connectivity index (χ0) is 16.2. The highest BCUT2D eigenvalue weighted by molar-refractivity contribution is 7.13. The first-order valence-corrected chi connectivity index (χ1v) is 8.42. The van der Waals surface area contributed by atoms with Crippen molar-refractivity contribution in [2.24, 2.45) is 0 Å². The first-order valence-electron chi connectivity index (χ1n) is 6.28. The fourth-order valence-corrected chi connectivity index (χ4v) is 3.30. The number of aromatic nitrogens is 2. The summed E-state index contributed by atoms with van der Waals surface area (Å²) >= 11 is 8.67. The van der Waals surface area contributed by atoms with Gasteiger partial charge < -0.3 is 9.05 Å². The molecule has 4 aromatic rings. The molecule has 23 heavy (non-hydrogen) atoms. The maximum Gasteiger partial charge on any atom is 0.299 e. The minimum Gasteiger partial charge on any atom is -0.378 e. The number of hydrogen-bond donors (Lipinski definition) is 2. The van der Waals surface area contributed by atoms with Crippen molar-refractivity contribution >= 4 is 34.3 Å². The fraction of sp³-hybridized carbons (Fsp3) is 0. The fourth-order valence-electron chi connectivity index (χ4n) is 1.68. The molecule has 0 aliphatic heterocycles. The van der Waals surface area contributed by atoms with E-state index in [9.17, 15) is 9.59 Å². The van der Waals surface area contributed by atoms with E-state index < -0.39 is 0 Å². The quantitative estimate of drug-likeness (QED) is 0.558. The zero-order valence-electron chi connectivity index (χ0n) is 11.4. The molecule has 0 spiro atoms. The highest BCUT2D eigenvalue weighted by atomic mass is 35.5. The lowest BCUT2D eigenvalue weighted by Gasteiger charge is -1.86. The highest BCUT2D eigenvalue weighted by Gasteiger charge is 2.12. The van der Waals surface area contributed by atoms with Crippen molar-refractivity contribution in [3.63, 3.8) is 0 Å². The molecule has 9 heteroatoms. The van der Waals surface area contributed by atoms with Gasteiger partial charge in [0, 0.05) is 0 Å². The van der Waals surface area contributed by atoms with Crippen LogP contribution in [-0.4, -0.2) is 10.3 Å². The van der Waals surface area contributed by atoms with Crippen molar-refractivity contribution in [2.75, 3.05) is 0 Å². The van der Waals surface area contributed by atoms with Crippen LogP contribution in [0.5, 0.6) is 0 Å². The number of hydrogen-bond acceptors (Lipinski definition) is 6. The van der Waals surface area contributed by atoms with Crippen LogP contribution in [0.15, 0.2) is 59.7 Å². The van der Waals surface area contributed by atoms with Crippen molar-refractivity contribution < 1.29 is 9.05 Å². The Morgan fingerprint density at radius 3 is 2.13 bits per heavy atom. The van der Waals surface area contributed by atoms with Gasteiger partial charge in [0.25, 0.3) is 11.1 Å². The largest absolute Gasteiger partial charge is 0.378 e. The smallest absolute Gasteiger partial charge is 0.299 e. The monoisotopic (exact) mass is 368 g/mol. The first kappa shape index (κ1) is 15.6. The van der Waals surface area contributed by atoms with E-state index in [1.54, 1.807) is 0 Å². The van der Waals surface area contributed by atoms with Gasteiger partial charge in [0.05, 0.1) is 15.8 Å². The van der Waals surface area contributed by atoms with Gasteiger partial charge in [-0.3, -0.25) is 9.59 Å². The van der Waals surface area contributed by atoms with Crippen LogP contribution in [0.2, 0.25) is 5.02 Å². The SMILES string of the molecule is O=c1[nH]oc(-c2cccs2)c1Cl.O=c1cc(-c2cccs2)o[nH]1. The van der Waals surface area contributed by atoms with E-state index in [2.05, 4.69) is 10.3 Å². The van der Waals surface area contributed by atoms with Crippen LogP contribution in [0.3, 0.4) is 0 Å². The maximum absolute atomic E-state index is 10.9. The van der Waals surface area contributed by atoms with E-state index in [1.165, 1.54) is 28.7 Å². The van der Waals surface area contributed by atoms with Crippen LogP contribution < -0.4 is 11.1 Å². The Bertz CT molecular complexity index is 977. The third-order valence-corrected chi connectivity index (χ3v) is 4.77. The topological polar surface area (TPSA) is 92.0 Å². The highest BCUT2D eigenvalue weighted by Crippen LogP contribution is 2.28. The molecular formula is C14H9ClN2O4S2. The Hall–Kier alpha value is -2.29. The summed E-state index contributed by atoms with van der Waals surface area (Å²) in [5.74, 6) is 1.02. The Morgan fingerprint density at radius 2 is 1.65 bits per heavy atom. The van der Waals surface area contributed by atoms with E-state index in [0.717, 1.165) is 9.75 Å². The molecule has 0 amide bonds. The Balaban J connectivity index is 0.000000136. The minimum absolute atomic E-state index is 0.109. The Labute approximate surface area is 141 Å². The van der Waals surface area contributed by atoms with Crippen LogP contribution in [0.25, 0.3) is 21.3 Å². The van der Waals surface area contributed by atoms with Crippen molar-refractivity contribution in [3.8, 4) is 21.3 Å². The van der Waals surface area contributed by atoms with E-state index in [-0.39, 0.29) is 16.1 Å². The molecule has 0 fully saturated rings. The average Bonchev–Trinajstić information content (AvgIpc) is 3.30. The van der Waals surface area contributed by atoms with Crippen LogP contribution >= 0.6 is 34.3 Å². The summed E-state index contributed by atoms with van der Waals surface area (Å²) in [5, 5.41) is 8.33. The van der Waals surface area contributed by atoms with E-state index in [4.69, 9.17) is 20.6 Å². The molecule has 2 N–H and O–H groups in total. The standard InChI is InChI=1S/C7H4ClNO2S.C7H5NO2S/c8-5-6(11-9-7(5)10)4-2-1-3-12-4;9-7-4-5(10-8-7)6-2-1-3-11-6/h1-3H,(H,9,10);1-4H,(H,8,9). The van der Waals surface area contributed by atoms with E-state index in [0.29, 0.717) is 11.5 Å². The molecule has 0 bridgehead atoms. The summed E-state index contributed by atoms with van der Waals surface area (Å²) in [6, 6.07) is 8.95. The number of aromatic amines is 2. The molecule has 0 saturated heterocycles. The predicted octanol–water partition coefficient (Wildman–Crippen LogP) is 4.05. The molecule has 0 aliphatic carbocycles. The second-order valence-corrected chi connectivity index (χ2v) is 6.48. The maximum atomic E-state index is 10.9. The van der Waals surface area contributed by atoms with Gasteiger partial charge in [-0.1, -0.05) is 23.7 Å². The third kappa shape index (κ3) is 3.55. The van der Waals surface area contributed by atoms with Gasteiger partial charge in [-0.2, -0.15) is 10.3 Å². The first-order chi connectivity index (χ1) is 11.1. The molecule has 0 aromatic carbocycles. The minimum atomic E-state index is -0.389. The van der Waals surface area contributed by atoms with Crippen LogP contribution in [0, 0.1) is 0 Å². The third-order valence-electron chi connectivity index (χ3n) is 2.68. The molecule has 0 aliphatic rings. The summed E-state index contributed by atoms with van der Waals surface area (Å²) in [6.07, 6.45) is 0. The molecule has 0 radical (unpaired) electrons. The van der Waals surface area contributed by atoms with Crippen LogP contribution in [0.1, 0.15) is 0 Å². The average molecular weight is 369 g/mol. The van der Waals surface area contributed by atoms with Crippen LogP contribution in [0.4, 0.5) is 0 Å². The van der Waals surface area contributed by atoms with Gasteiger partial charge in [0.15, 0.2) is 16.5 Å². The lowest BCUT2D eigenvalue weighted by Crippen LogP contribution is -1.96. The van der Waals surface area contributed by atoms with E-state index >= 15 is 0 Å². The molecule has 118 valence electrons.